The van der Waals surface area contributed by atoms with Gasteiger partial charge in [0.1, 0.15) is 12.4 Å². The zero-order chi connectivity index (χ0) is 20.9. The maximum atomic E-state index is 6.34. The largest absolute Gasteiger partial charge is 0.489 e. The van der Waals surface area contributed by atoms with E-state index >= 15 is 0 Å². The third-order valence-corrected chi connectivity index (χ3v) is 6.48. The highest BCUT2D eigenvalue weighted by molar-refractivity contribution is 6.35. The molecule has 0 unspecified atom stereocenters. The monoisotopic (exact) mass is 442 g/mol. The Morgan fingerprint density at radius 2 is 1.73 bits per heavy atom. The minimum Gasteiger partial charge on any atom is -0.489 e. The van der Waals surface area contributed by atoms with Gasteiger partial charge in [0.25, 0.3) is 0 Å². The van der Waals surface area contributed by atoms with Crippen LogP contribution >= 0.6 is 23.2 Å². The van der Waals surface area contributed by atoms with E-state index in [4.69, 9.17) is 27.9 Å². The van der Waals surface area contributed by atoms with Gasteiger partial charge in [0.15, 0.2) is 0 Å². The molecule has 3 aromatic carbocycles. The fourth-order valence-corrected chi connectivity index (χ4v) is 4.52. The molecule has 1 aliphatic heterocycles. The summed E-state index contributed by atoms with van der Waals surface area (Å²) in [6.07, 6.45) is 2.12. The van der Waals surface area contributed by atoms with E-state index in [0.29, 0.717) is 16.7 Å². The third kappa shape index (κ3) is 5.28. The maximum absolute atomic E-state index is 6.34. The SMILES string of the molecule is CN1CCN(CCCc2c(OCc3ccc(Cl)cc3Cl)ccc3ccccc23)CC1. The summed E-state index contributed by atoms with van der Waals surface area (Å²) in [5.41, 5.74) is 2.23. The molecule has 0 aromatic heterocycles. The van der Waals surface area contributed by atoms with E-state index in [1.807, 2.05) is 12.1 Å². The molecule has 30 heavy (non-hydrogen) atoms. The van der Waals surface area contributed by atoms with Crippen LogP contribution in [0, 0.1) is 0 Å². The molecule has 1 saturated heterocycles. The molecule has 0 N–H and O–H groups in total. The van der Waals surface area contributed by atoms with Crippen molar-refractivity contribution in [2.24, 2.45) is 0 Å². The van der Waals surface area contributed by atoms with E-state index < -0.39 is 0 Å². The van der Waals surface area contributed by atoms with Crippen molar-refractivity contribution < 1.29 is 4.74 Å². The van der Waals surface area contributed by atoms with Gasteiger partial charge in [-0.05, 0) is 55.4 Å². The van der Waals surface area contributed by atoms with Gasteiger partial charge >= 0.3 is 0 Å². The first-order valence-electron chi connectivity index (χ1n) is 10.6. The fourth-order valence-electron chi connectivity index (χ4n) is 4.05. The molecule has 3 aromatic rings. The van der Waals surface area contributed by atoms with Crippen LogP contribution in [0.15, 0.2) is 54.6 Å². The smallest absolute Gasteiger partial charge is 0.123 e. The minimum atomic E-state index is 0.430. The van der Waals surface area contributed by atoms with Gasteiger partial charge in [-0.15, -0.1) is 0 Å². The highest BCUT2D eigenvalue weighted by Crippen LogP contribution is 2.31. The van der Waals surface area contributed by atoms with E-state index in [1.54, 1.807) is 6.07 Å². The molecule has 0 bridgehead atoms. The summed E-state index contributed by atoms with van der Waals surface area (Å²) in [7, 11) is 2.20. The number of ether oxygens (including phenoxy) is 1. The van der Waals surface area contributed by atoms with Gasteiger partial charge in [-0.2, -0.15) is 0 Å². The second-order valence-electron chi connectivity index (χ2n) is 8.04. The molecule has 3 nitrogen and oxygen atoms in total. The number of nitrogens with zero attached hydrogens (tertiary/aromatic N) is 2. The lowest BCUT2D eigenvalue weighted by molar-refractivity contribution is 0.153. The Bertz CT molecular complexity index is 1000. The van der Waals surface area contributed by atoms with Crippen LogP contribution in [0.4, 0.5) is 0 Å². The van der Waals surface area contributed by atoms with Crippen LogP contribution in [0.3, 0.4) is 0 Å². The van der Waals surface area contributed by atoms with Gasteiger partial charge in [0.05, 0.1) is 0 Å². The van der Waals surface area contributed by atoms with E-state index in [-0.39, 0.29) is 0 Å². The number of aryl methyl sites for hydroxylation is 1. The number of likely N-dealkylation sites (N-methyl/N-ethyl adjacent to an activating group) is 1. The molecular formula is C25H28Cl2N2O. The molecule has 4 rings (SSSR count). The van der Waals surface area contributed by atoms with Crippen LogP contribution in [0.1, 0.15) is 17.5 Å². The minimum absolute atomic E-state index is 0.430. The Balaban J connectivity index is 1.49. The summed E-state index contributed by atoms with van der Waals surface area (Å²) >= 11 is 12.4. The Morgan fingerprint density at radius 3 is 2.53 bits per heavy atom. The predicted octanol–water partition coefficient (Wildman–Crippen LogP) is 5.91. The lowest BCUT2D eigenvalue weighted by atomic mass is 9.99. The van der Waals surface area contributed by atoms with Crippen molar-refractivity contribution in [2.45, 2.75) is 19.4 Å². The second kappa shape index (κ2) is 10.0. The Morgan fingerprint density at radius 1 is 0.933 bits per heavy atom. The number of benzene rings is 3. The lowest BCUT2D eigenvalue weighted by Crippen LogP contribution is -2.44. The summed E-state index contributed by atoms with van der Waals surface area (Å²) < 4.78 is 6.26. The molecule has 158 valence electrons. The molecule has 5 heteroatoms. The number of piperazine rings is 1. The summed E-state index contributed by atoms with van der Waals surface area (Å²) in [5.74, 6) is 0.943. The summed E-state index contributed by atoms with van der Waals surface area (Å²) in [5, 5.41) is 3.80. The zero-order valence-corrected chi connectivity index (χ0v) is 18.9. The Hall–Kier alpha value is -1.78. The lowest BCUT2D eigenvalue weighted by Gasteiger charge is -2.32. The second-order valence-corrected chi connectivity index (χ2v) is 8.88. The van der Waals surface area contributed by atoms with Crippen molar-refractivity contribution in [3.63, 3.8) is 0 Å². The Labute approximate surface area is 189 Å². The third-order valence-electron chi connectivity index (χ3n) is 5.89. The molecular weight excluding hydrogens is 415 g/mol. The van der Waals surface area contributed by atoms with Crippen molar-refractivity contribution in [1.82, 2.24) is 9.80 Å². The molecule has 1 heterocycles. The average Bonchev–Trinajstić information content (AvgIpc) is 2.75. The zero-order valence-electron chi connectivity index (χ0n) is 17.4. The van der Waals surface area contributed by atoms with Crippen molar-refractivity contribution in [3.8, 4) is 5.75 Å². The molecule has 0 aliphatic carbocycles. The molecule has 0 amide bonds. The number of hydrogen-bond acceptors (Lipinski definition) is 3. The van der Waals surface area contributed by atoms with E-state index in [9.17, 15) is 0 Å². The molecule has 0 atom stereocenters. The molecule has 1 fully saturated rings. The van der Waals surface area contributed by atoms with Gasteiger partial charge in [-0.3, -0.25) is 0 Å². The fraction of sp³-hybridized carbons (Fsp3) is 0.360. The predicted molar refractivity (Wildman–Crippen MR) is 127 cm³/mol. The first-order valence-corrected chi connectivity index (χ1v) is 11.3. The summed E-state index contributed by atoms with van der Waals surface area (Å²) in [6.45, 7) is 6.18. The maximum Gasteiger partial charge on any atom is 0.123 e. The van der Waals surface area contributed by atoms with E-state index in [2.05, 4.69) is 53.2 Å². The highest BCUT2D eigenvalue weighted by Gasteiger charge is 2.15. The number of rotatable bonds is 7. The summed E-state index contributed by atoms with van der Waals surface area (Å²) in [6, 6.07) is 18.3. The first-order chi connectivity index (χ1) is 14.6. The van der Waals surface area contributed by atoms with Gasteiger partial charge in [-0.1, -0.05) is 59.6 Å². The first kappa shape index (κ1) is 21.5. The normalized spacial score (nSPS) is 15.6. The molecule has 1 aliphatic rings. The molecule has 0 spiro atoms. The average molecular weight is 443 g/mol. The van der Waals surface area contributed by atoms with Crippen LogP contribution < -0.4 is 4.74 Å². The molecule has 0 saturated carbocycles. The highest BCUT2D eigenvalue weighted by atomic mass is 35.5. The van der Waals surface area contributed by atoms with Gasteiger partial charge in [0, 0.05) is 47.4 Å². The van der Waals surface area contributed by atoms with Crippen LogP contribution in [0.25, 0.3) is 10.8 Å². The number of halogens is 2. The van der Waals surface area contributed by atoms with Gasteiger partial charge in [-0.25, -0.2) is 0 Å². The Kier molecular flexibility index (Phi) is 7.16. The number of fused-ring (bicyclic) bond motifs is 1. The van der Waals surface area contributed by atoms with E-state index in [0.717, 1.165) is 56.9 Å². The van der Waals surface area contributed by atoms with Crippen molar-refractivity contribution >= 4 is 34.0 Å². The van der Waals surface area contributed by atoms with Crippen molar-refractivity contribution in [3.05, 3.63) is 75.8 Å². The molecule has 0 radical (unpaired) electrons. The number of hydrogen-bond donors (Lipinski definition) is 0. The standard InChI is InChI=1S/C25H28Cl2N2O/c1-28-13-15-29(16-14-28)12-4-7-23-22-6-3-2-5-19(22)9-11-25(23)30-18-20-8-10-21(26)17-24(20)27/h2-3,5-6,8-11,17H,4,7,12-16,18H2,1H3. The van der Waals surface area contributed by atoms with Crippen molar-refractivity contribution in [2.75, 3.05) is 39.8 Å². The van der Waals surface area contributed by atoms with Crippen LogP contribution in [-0.4, -0.2) is 49.6 Å². The van der Waals surface area contributed by atoms with Crippen LogP contribution in [0.2, 0.25) is 10.0 Å². The van der Waals surface area contributed by atoms with Crippen LogP contribution in [0.5, 0.6) is 5.75 Å². The quantitative estimate of drug-likeness (QED) is 0.452. The van der Waals surface area contributed by atoms with Crippen LogP contribution in [-0.2, 0) is 13.0 Å². The summed E-state index contributed by atoms with van der Waals surface area (Å²) in [4.78, 5) is 4.97. The van der Waals surface area contributed by atoms with Gasteiger partial charge in [0.2, 0.25) is 0 Å². The van der Waals surface area contributed by atoms with Gasteiger partial charge < -0.3 is 14.5 Å². The topological polar surface area (TPSA) is 15.7 Å². The van der Waals surface area contributed by atoms with E-state index in [1.165, 1.54) is 16.3 Å². The van der Waals surface area contributed by atoms with Crippen molar-refractivity contribution in [1.29, 1.82) is 0 Å².